The van der Waals surface area contributed by atoms with E-state index in [0.717, 1.165) is 68.8 Å². The molecule has 3 atom stereocenters. The number of carbonyl (C=O) groups is 2. The number of Topliss-reactive ketones (excluding diaryl/α,β-unsaturated/α-hetero) is 1. The van der Waals surface area contributed by atoms with Crippen LogP contribution in [0.15, 0.2) is 42.5 Å². The van der Waals surface area contributed by atoms with Crippen molar-refractivity contribution in [3.05, 3.63) is 53.7 Å². The van der Waals surface area contributed by atoms with Gasteiger partial charge in [-0.1, -0.05) is 13.0 Å². The van der Waals surface area contributed by atoms with Crippen LogP contribution in [0.1, 0.15) is 73.2 Å². The van der Waals surface area contributed by atoms with Crippen molar-refractivity contribution in [2.45, 2.75) is 70.1 Å². The van der Waals surface area contributed by atoms with E-state index in [1.54, 1.807) is 0 Å². The first kappa shape index (κ1) is 24.4. The van der Waals surface area contributed by atoms with Gasteiger partial charge in [0.05, 0.1) is 5.60 Å². The van der Waals surface area contributed by atoms with Crippen molar-refractivity contribution in [2.75, 3.05) is 29.4 Å². The van der Waals surface area contributed by atoms with E-state index in [1.165, 1.54) is 0 Å². The van der Waals surface area contributed by atoms with Crippen LogP contribution in [0.3, 0.4) is 0 Å². The summed E-state index contributed by atoms with van der Waals surface area (Å²) < 4.78 is 0. The molecule has 4 bridgehead atoms. The molecule has 7 heteroatoms. The number of carbonyl (C=O) groups excluding carboxylic acids is 2. The van der Waals surface area contributed by atoms with Gasteiger partial charge in [0.15, 0.2) is 5.78 Å². The van der Waals surface area contributed by atoms with E-state index >= 15 is 0 Å². The molecule has 4 aliphatic carbocycles. The van der Waals surface area contributed by atoms with Gasteiger partial charge in [0.2, 0.25) is 0 Å². The molecule has 4 saturated carbocycles. The van der Waals surface area contributed by atoms with Crippen LogP contribution in [0, 0.1) is 17.8 Å². The number of piperazine rings is 1. The second-order valence-electron chi connectivity index (χ2n) is 11.9. The maximum Gasteiger partial charge on any atom is 0.270 e. The van der Waals surface area contributed by atoms with E-state index < -0.39 is 5.60 Å². The number of nitrogens with zero attached hydrogens (tertiary/aromatic N) is 3. The van der Waals surface area contributed by atoms with E-state index in [-0.39, 0.29) is 23.8 Å². The molecule has 0 radical (unpaired) electrons. The molecule has 2 N–H and O–H groups in total. The van der Waals surface area contributed by atoms with Crippen molar-refractivity contribution in [1.82, 2.24) is 10.3 Å². The highest BCUT2D eigenvalue weighted by molar-refractivity contribution is 5.96. The molecule has 2 unspecified atom stereocenters. The minimum Gasteiger partial charge on any atom is -0.390 e. The molecule has 1 saturated heterocycles. The van der Waals surface area contributed by atoms with E-state index in [0.29, 0.717) is 29.9 Å². The first-order valence-electron chi connectivity index (χ1n) is 14.0. The smallest absolute Gasteiger partial charge is 0.270 e. The molecule has 1 aliphatic heterocycles. The second-order valence-corrected chi connectivity index (χ2v) is 11.9. The second kappa shape index (κ2) is 9.43. The number of amides is 1. The third-order valence-electron chi connectivity index (χ3n) is 9.30. The lowest BCUT2D eigenvalue weighted by molar-refractivity contribution is -0.136. The van der Waals surface area contributed by atoms with E-state index in [4.69, 9.17) is 4.98 Å². The normalized spacial score (nSPS) is 32.5. The minimum atomic E-state index is -0.497. The Balaban J connectivity index is 1.10. The van der Waals surface area contributed by atoms with Crippen molar-refractivity contribution < 1.29 is 14.7 Å². The van der Waals surface area contributed by atoms with Crippen molar-refractivity contribution >= 4 is 23.2 Å². The fraction of sp³-hybridized carbons (Fsp3) is 0.567. The molecule has 196 valence electrons. The Morgan fingerprint density at radius 3 is 2.43 bits per heavy atom. The Morgan fingerprint density at radius 2 is 1.78 bits per heavy atom. The number of benzene rings is 1. The highest BCUT2D eigenvalue weighted by atomic mass is 16.3. The molecule has 2 heterocycles. The van der Waals surface area contributed by atoms with Crippen LogP contribution in [-0.4, -0.2) is 59.1 Å². The largest absolute Gasteiger partial charge is 0.390 e. The van der Waals surface area contributed by atoms with Crippen LogP contribution < -0.4 is 15.1 Å². The summed E-state index contributed by atoms with van der Waals surface area (Å²) in [5, 5.41) is 14.2. The summed E-state index contributed by atoms with van der Waals surface area (Å²) in [5.41, 5.74) is 1.86. The Kier molecular flexibility index (Phi) is 6.22. The zero-order chi connectivity index (χ0) is 25.7. The van der Waals surface area contributed by atoms with Gasteiger partial charge < -0.3 is 20.2 Å². The maximum absolute atomic E-state index is 13.3. The number of aromatic nitrogens is 1. The summed E-state index contributed by atoms with van der Waals surface area (Å²) in [6.07, 6.45) is 5.34. The summed E-state index contributed by atoms with van der Waals surface area (Å²) in [7, 11) is 0. The molecule has 5 aliphatic rings. The molecule has 0 spiro atoms. The van der Waals surface area contributed by atoms with Gasteiger partial charge in [-0.3, -0.25) is 9.59 Å². The first-order chi connectivity index (χ1) is 17.8. The predicted octanol–water partition coefficient (Wildman–Crippen LogP) is 4.06. The Hall–Kier alpha value is -2.93. The average Bonchev–Trinajstić information content (AvgIpc) is 2.89. The van der Waals surface area contributed by atoms with Gasteiger partial charge in [-0.05, 0) is 93.2 Å². The lowest BCUT2D eigenvalue weighted by atomic mass is 9.52. The van der Waals surface area contributed by atoms with Gasteiger partial charge in [0.1, 0.15) is 11.5 Å². The molecule has 7 nitrogen and oxygen atoms in total. The van der Waals surface area contributed by atoms with E-state index in [1.807, 2.05) is 49.4 Å². The summed E-state index contributed by atoms with van der Waals surface area (Å²) in [6.45, 7) is 6.57. The fourth-order valence-electron chi connectivity index (χ4n) is 7.75. The van der Waals surface area contributed by atoms with Gasteiger partial charge in [-0.15, -0.1) is 0 Å². The SMILES string of the molecule is CCC(=O)c1ccc(N2CCN(c3cccc(C(=O)NC4C5CC6CC4CC(O)(C6)C5)n3)[C@H](C)C2)cc1. The van der Waals surface area contributed by atoms with Crippen molar-refractivity contribution in [3.63, 3.8) is 0 Å². The monoisotopic (exact) mass is 502 g/mol. The van der Waals surface area contributed by atoms with Crippen LogP contribution >= 0.6 is 0 Å². The van der Waals surface area contributed by atoms with Crippen LogP contribution in [0.25, 0.3) is 0 Å². The number of ketones is 1. The third-order valence-corrected chi connectivity index (χ3v) is 9.30. The molecular formula is C30H38N4O3. The van der Waals surface area contributed by atoms with Crippen LogP contribution in [0.2, 0.25) is 0 Å². The molecule has 2 aromatic rings. The van der Waals surface area contributed by atoms with Gasteiger partial charge in [-0.2, -0.15) is 0 Å². The zero-order valence-corrected chi connectivity index (χ0v) is 21.9. The molecule has 37 heavy (non-hydrogen) atoms. The lowest BCUT2D eigenvalue weighted by Gasteiger charge is -2.58. The topological polar surface area (TPSA) is 85.8 Å². The Morgan fingerprint density at radius 1 is 1.05 bits per heavy atom. The minimum absolute atomic E-state index is 0.0979. The average molecular weight is 503 g/mol. The van der Waals surface area contributed by atoms with Crippen molar-refractivity contribution in [3.8, 4) is 0 Å². The summed E-state index contributed by atoms with van der Waals surface area (Å²) in [5.74, 6) is 2.29. The fourth-order valence-corrected chi connectivity index (χ4v) is 7.75. The highest BCUT2D eigenvalue weighted by Crippen LogP contribution is 2.55. The van der Waals surface area contributed by atoms with Crippen molar-refractivity contribution in [1.29, 1.82) is 0 Å². The van der Waals surface area contributed by atoms with E-state index in [2.05, 4.69) is 22.0 Å². The van der Waals surface area contributed by atoms with Gasteiger partial charge >= 0.3 is 0 Å². The van der Waals surface area contributed by atoms with Gasteiger partial charge in [0.25, 0.3) is 5.91 Å². The lowest BCUT2D eigenvalue weighted by Crippen LogP contribution is -2.61. The number of hydrogen-bond donors (Lipinski definition) is 2. The summed E-state index contributed by atoms with van der Waals surface area (Å²) >= 11 is 0. The first-order valence-corrected chi connectivity index (χ1v) is 14.0. The van der Waals surface area contributed by atoms with Crippen molar-refractivity contribution in [2.24, 2.45) is 17.8 Å². The quantitative estimate of drug-likeness (QED) is 0.580. The zero-order valence-electron chi connectivity index (χ0n) is 21.9. The maximum atomic E-state index is 13.3. The number of pyridine rings is 1. The third kappa shape index (κ3) is 4.63. The number of aliphatic hydroxyl groups is 1. The number of anilines is 2. The molecule has 5 fully saturated rings. The number of hydrogen-bond acceptors (Lipinski definition) is 6. The molecular weight excluding hydrogens is 464 g/mol. The Bertz CT molecular complexity index is 1170. The van der Waals surface area contributed by atoms with Crippen LogP contribution in [0.5, 0.6) is 0 Å². The Labute approximate surface area is 219 Å². The molecule has 1 amide bonds. The number of nitrogens with one attached hydrogen (secondary N) is 1. The number of rotatable bonds is 6. The highest BCUT2D eigenvalue weighted by Gasteiger charge is 2.55. The molecule has 7 rings (SSSR count). The summed E-state index contributed by atoms with van der Waals surface area (Å²) in [6, 6.07) is 14.0. The van der Waals surface area contributed by atoms with Crippen LogP contribution in [0.4, 0.5) is 11.5 Å². The van der Waals surface area contributed by atoms with E-state index in [9.17, 15) is 14.7 Å². The van der Waals surface area contributed by atoms with Crippen LogP contribution in [-0.2, 0) is 0 Å². The molecule has 1 aromatic heterocycles. The summed E-state index contributed by atoms with van der Waals surface area (Å²) in [4.78, 5) is 34.6. The van der Waals surface area contributed by atoms with Gasteiger partial charge in [0, 0.05) is 49.4 Å². The predicted molar refractivity (Wildman–Crippen MR) is 144 cm³/mol. The van der Waals surface area contributed by atoms with Gasteiger partial charge in [-0.25, -0.2) is 4.98 Å². The molecule has 1 aromatic carbocycles. The standard InChI is InChI=1S/C30H38N4O3/c1-3-26(35)21-7-9-24(10-8-21)33-11-12-34(19(2)18-33)27-6-4-5-25(31-27)29(36)32-28-22-13-20-14-23(28)17-30(37,15-20)16-22/h4-10,19-20,22-23,28,37H,3,11-18H2,1-2H3,(H,32,36)/t19-,20?,22?,23?,28?,30?/m1/s1.